The summed E-state index contributed by atoms with van der Waals surface area (Å²) in [7, 11) is 0. The van der Waals surface area contributed by atoms with Crippen molar-refractivity contribution in [1.82, 2.24) is 20.1 Å². The summed E-state index contributed by atoms with van der Waals surface area (Å²) in [4.78, 5) is 22.1. The minimum atomic E-state index is -4.72. The summed E-state index contributed by atoms with van der Waals surface area (Å²) in [5.74, 6) is 0.0590. The van der Waals surface area contributed by atoms with Crippen molar-refractivity contribution in [1.29, 1.82) is 0 Å². The van der Waals surface area contributed by atoms with Crippen LogP contribution >= 0.6 is 11.8 Å². The second-order valence-electron chi connectivity index (χ2n) is 7.18. The van der Waals surface area contributed by atoms with Gasteiger partial charge in [0.15, 0.2) is 5.82 Å². The number of alkyl halides is 3. The van der Waals surface area contributed by atoms with Crippen LogP contribution in [0.15, 0.2) is 70.7 Å². The minimum absolute atomic E-state index is 0.0290. The highest BCUT2D eigenvalue weighted by Gasteiger charge is 2.33. The van der Waals surface area contributed by atoms with Gasteiger partial charge >= 0.3 is 6.18 Å². The van der Waals surface area contributed by atoms with E-state index >= 15 is 0 Å². The summed E-state index contributed by atoms with van der Waals surface area (Å²) in [5, 5.41) is 24.4. The second-order valence-corrected chi connectivity index (χ2v) is 8.19. The largest absolute Gasteiger partial charge is 0.416 e. The number of hydrogen-bond donors (Lipinski definition) is 1. The Bertz CT molecular complexity index is 1400. The lowest BCUT2D eigenvalue weighted by molar-refractivity contribution is -0.388. The van der Waals surface area contributed by atoms with Gasteiger partial charge in [-0.15, -0.1) is 10.2 Å². The molecule has 0 atom stereocenters. The molecule has 4 rings (SSSR count). The zero-order valence-electron chi connectivity index (χ0n) is 17.5. The van der Waals surface area contributed by atoms with E-state index in [1.807, 2.05) is 36.4 Å². The summed E-state index contributed by atoms with van der Waals surface area (Å²) < 4.78 is 40.9. The maximum absolute atomic E-state index is 13.1. The molecule has 1 N–H and O–H groups in total. The van der Waals surface area contributed by atoms with Crippen LogP contribution in [0.2, 0.25) is 0 Å². The van der Waals surface area contributed by atoms with Crippen molar-refractivity contribution in [2.45, 2.75) is 29.7 Å². The first kappa shape index (κ1) is 23.2. The standard InChI is InChI=1S/C22H16F3N5O3S/c1-13(31)26-12-20-27-28-21(29(20)17-8-4-6-14-5-2-3-7-16(14)17)34-19-10-9-15(22(23,24)25)11-18(19)30(32)33/h2-11H,12H2,1H3,(H,26,31). The van der Waals surface area contributed by atoms with Gasteiger partial charge in [0.1, 0.15) is 0 Å². The number of carbonyl (C=O) groups is 1. The number of fused-ring (bicyclic) bond motifs is 1. The molecule has 8 nitrogen and oxygen atoms in total. The van der Waals surface area contributed by atoms with Crippen molar-refractivity contribution in [2.75, 3.05) is 0 Å². The molecule has 174 valence electrons. The zero-order chi connectivity index (χ0) is 24.5. The van der Waals surface area contributed by atoms with Crippen molar-refractivity contribution in [3.8, 4) is 5.69 Å². The van der Waals surface area contributed by atoms with Gasteiger partial charge in [0, 0.05) is 18.4 Å². The fourth-order valence-corrected chi connectivity index (χ4v) is 4.30. The number of benzene rings is 3. The summed E-state index contributed by atoms with van der Waals surface area (Å²) in [6.07, 6.45) is -4.72. The molecular formula is C22H16F3N5O3S. The van der Waals surface area contributed by atoms with Crippen LogP contribution in [0.25, 0.3) is 16.5 Å². The molecule has 0 aliphatic rings. The molecule has 0 aliphatic heterocycles. The lowest BCUT2D eigenvalue weighted by atomic mass is 10.1. The van der Waals surface area contributed by atoms with E-state index in [0.717, 1.165) is 34.7 Å². The normalized spacial score (nSPS) is 11.5. The first-order valence-corrected chi connectivity index (χ1v) is 10.7. The van der Waals surface area contributed by atoms with E-state index in [2.05, 4.69) is 15.5 Å². The predicted octanol–water partition coefficient (Wildman–Crippen LogP) is 5.13. The van der Waals surface area contributed by atoms with Gasteiger partial charge in [0.2, 0.25) is 11.1 Å². The van der Waals surface area contributed by atoms with E-state index < -0.39 is 22.4 Å². The number of amides is 1. The van der Waals surface area contributed by atoms with E-state index in [1.54, 1.807) is 10.6 Å². The molecular weight excluding hydrogens is 471 g/mol. The zero-order valence-corrected chi connectivity index (χ0v) is 18.4. The van der Waals surface area contributed by atoms with E-state index in [1.165, 1.54) is 6.92 Å². The highest BCUT2D eigenvalue weighted by molar-refractivity contribution is 7.99. The van der Waals surface area contributed by atoms with Crippen LogP contribution in [0.4, 0.5) is 18.9 Å². The summed E-state index contributed by atoms with van der Waals surface area (Å²) >= 11 is 0.815. The molecule has 1 aromatic heterocycles. The monoisotopic (exact) mass is 487 g/mol. The van der Waals surface area contributed by atoms with Crippen molar-refractivity contribution in [3.05, 3.63) is 82.2 Å². The van der Waals surface area contributed by atoms with Crippen molar-refractivity contribution in [3.63, 3.8) is 0 Å². The molecule has 34 heavy (non-hydrogen) atoms. The Hall–Kier alpha value is -3.93. The van der Waals surface area contributed by atoms with Gasteiger partial charge in [0.25, 0.3) is 5.69 Å². The SMILES string of the molecule is CC(=O)NCc1nnc(Sc2ccc(C(F)(F)F)cc2[N+](=O)[O-])n1-c1cccc2ccccc12. The van der Waals surface area contributed by atoms with Gasteiger partial charge in [-0.1, -0.05) is 36.4 Å². The maximum Gasteiger partial charge on any atom is 0.416 e. The lowest BCUT2D eigenvalue weighted by Crippen LogP contribution is -2.21. The Kier molecular flexibility index (Phi) is 6.24. The maximum atomic E-state index is 13.1. The average molecular weight is 487 g/mol. The Morgan fingerprint density at radius 2 is 1.85 bits per heavy atom. The molecule has 0 saturated heterocycles. The molecule has 1 amide bonds. The number of halogens is 3. The molecule has 0 spiro atoms. The van der Waals surface area contributed by atoms with E-state index in [9.17, 15) is 28.1 Å². The average Bonchev–Trinajstić information content (AvgIpc) is 3.18. The Labute approximate surface area is 194 Å². The van der Waals surface area contributed by atoms with Crippen LogP contribution in [0.5, 0.6) is 0 Å². The summed E-state index contributed by atoms with van der Waals surface area (Å²) in [6, 6.07) is 15.3. The van der Waals surface area contributed by atoms with Crippen molar-refractivity contribution < 1.29 is 22.9 Å². The van der Waals surface area contributed by atoms with Gasteiger partial charge in [0.05, 0.1) is 27.6 Å². The highest BCUT2D eigenvalue weighted by atomic mass is 32.2. The van der Waals surface area contributed by atoms with Gasteiger partial charge in [-0.05, 0) is 35.3 Å². The molecule has 0 radical (unpaired) electrons. The van der Waals surface area contributed by atoms with Crippen LogP contribution in [0, 0.1) is 10.1 Å². The molecule has 0 fully saturated rings. The topological polar surface area (TPSA) is 103 Å². The first-order valence-electron chi connectivity index (χ1n) is 9.85. The minimum Gasteiger partial charge on any atom is -0.349 e. The number of hydrogen-bond acceptors (Lipinski definition) is 6. The molecule has 12 heteroatoms. The van der Waals surface area contributed by atoms with E-state index in [-0.39, 0.29) is 22.5 Å². The molecule has 3 aromatic carbocycles. The van der Waals surface area contributed by atoms with Gasteiger partial charge in [-0.25, -0.2) is 0 Å². The van der Waals surface area contributed by atoms with Gasteiger partial charge < -0.3 is 5.32 Å². The smallest absolute Gasteiger partial charge is 0.349 e. The molecule has 0 bridgehead atoms. The van der Waals surface area contributed by atoms with Crippen LogP contribution < -0.4 is 5.32 Å². The number of nitrogens with zero attached hydrogens (tertiary/aromatic N) is 4. The Balaban J connectivity index is 1.85. The van der Waals surface area contributed by atoms with Crippen molar-refractivity contribution >= 4 is 34.1 Å². The Morgan fingerprint density at radius 1 is 1.12 bits per heavy atom. The molecule has 1 heterocycles. The number of nitro groups is 1. The number of nitro benzene ring substituents is 1. The fraction of sp³-hybridized carbons (Fsp3) is 0.136. The third-order valence-electron chi connectivity index (χ3n) is 4.89. The quantitative estimate of drug-likeness (QED) is 0.299. The number of rotatable bonds is 6. The first-order chi connectivity index (χ1) is 16.1. The van der Waals surface area contributed by atoms with Crippen LogP contribution in [-0.4, -0.2) is 25.6 Å². The lowest BCUT2D eigenvalue weighted by Gasteiger charge is -2.14. The highest BCUT2D eigenvalue weighted by Crippen LogP contribution is 2.40. The number of nitrogens with one attached hydrogen (secondary N) is 1. The van der Waals surface area contributed by atoms with Crippen LogP contribution in [0.3, 0.4) is 0 Å². The summed E-state index contributed by atoms with van der Waals surface area (Å²) in [6.45, 7) is 1.38. The predicted molar refractivity (Wildman–Crippen MR) is 119 cm³/mol. The molecule has 4 aromatic rings. The second kappa shape index (κ2) is 9.14. The Morgan fingerprint density at radius 3 is 2.56 bits per heavy atom. The third-order valence-corrected chi connectivity index (χ3v) is 5.90. The number of carbonyl (C=O) groups excluding carboxylic acids is 1. The third kappa shape index (κ3) is 4.71. The van der Waals surface area contributed by atoms with E-state index in [0.29, 0.717) is 17.6 Å². The summed E-state index contributed by atoms with van der Waals surface area (Å²) in [5.41, 5.74) is -1.17. The van der Waals surface area contributed by atoms with Gasteiger partial charge in [-0.2, -0.15) is 13.2 Å². The van der Waals surface area contributed by atoms with Gasteiger partial charge in [-0.3, -0.25) is 19.5 Å². The number of aromatic nitrogens is 3. The van der Waals surface area contributed by atoms with Crippen LogP contribution in [-0.2, 0) is 17.5 Å². The fourth-order valence-electron chi connectivity index (χ4n) is 3.35. The molecule has 0 unspecified atom stereocenters. The van der Waals surface area contributed by atoms with E-state index in [4.69, 9.17) is 0 Å². The molecule has 0 saturated carbocycles. The van der Waals surface area contributed by atoms with Crippen LogP contribution in [0.1, 0.15) is 18.3 Å². The van der Waals surface area contributed by atoms with Crippen molar-refractivity contribution in [2.24, 2.45) is 0 Å². The molecule has 0 aliphatic carbocycles.